The Labute approximate surface area is 104 Å². The summed E-state index contributed by atoms with van der Waals surface area (Å²) in [6.45, 7) is 0. The number of hydrogen-bond acceptors (Lipinski definition) is 5. The van der Waals surface area contributed by atoms with Crippen LogP contribution >= 0.6 is 0 Å². The first kappa shape index (κ1) is 13.8. The first-order valence-electron chi connectivity index (χ1n) is 5.09. The van der Waals surface area contributed by atoms with Gasteiger partial charge in [0.05, 0.1) is 21.3 Å². The Morgan fingerprint density at radius 1 is 1.06 bits per heavy atom. The molecule has 0 saturated heterocycles. The molecule has 0 aliphatic heterocycles. The normalized spacial score (nSPS) is 9.72. The highest BCUT2D eigenvalue weighted by Gasteiger charge is 2.23. The molecule has 6 nitrogen and oxygen atoms in total. The Morgan fingerprint density at radius 2 is 1.61 bits per heavy atom. The van der Waals surface area contributed by atoms with E-state index >= 15 is 0 Å². The molecule has 1 rings (SSSR count). The summed E-state index contributed by atoms with van der Waals surface area (Å²) >= 11 is 0. The number of carbonyl (C=O) groups is 2. The fraction of sp³-hybridized carbons (Fsp3) is 0.333. The molecule has 0 radical (unpaired) electrons. The van der Waals surface area contributed by atoms with Gasteiger partial charge in [-0.2, -0.15) is 0 Å². The van der Waals surface area contributed by atoms with Crippen molar-refractivity contribution >= 4 is 11.8 Å². The van der Waals surface area contributed by atoms with Crippen molar-refractivity contribution in [2.45, 2.75) is 6.42 Å². The minimum Gasteiger partial charge on any atom is -0.496 e. The lowest BCUT2D eigenvalue weighted by Crippen LogP contribution is -2.10. The summed E-state index contributed by atoms with van der Waals surface area (Å²) in [5.74, 6) is -1.06. The van der Waals surface area contributed by atoms with Gasteiger partial charge in [0, 0.05) is 0 Å². The molecule has 0 fully saturated rings. The van der Waals surface area contributed by atoms with Crippen LogP contribution in [0.15, 0.2) is 12.1 Å². The van der Waals surface area contributed by atoms with E-state index < -0.39 is 18.2 Å². The van der Waals surface area contributed by atoms with E-state index in [-0.39, 0.29) is 17.1 Å². The van der Waals surface area contributed by atoms with Crippen LogP contribution in [0.25, 0.3) is 0 Å². The molecule has 1 N–H and O–H groups in total. The molecule has 6 heteroatoms. The average molecular weight is 254 g/mol. The standard InChI is InChI=1S/C12H14O6/c1-16-8-4-5-9(17-2)12(18-3)11(8)7(13)6-10(14)15/h4-5H,6H2,1-3H3,(H,14,15). The number of ketones is 1. The Hall–Kier alpha value is -2.24. The predicted octanol–water partition coefficient (Wildman–Crippen LogP) is 1.37. The third-order valence-electron chi connectivity index (χ3n) is 2.32. The number of ether oxygens (including phenoxy) is 3. The van der Waals surface area contributed by atoms with Crippen molar-refractivity contribution in [3.63, 3.8) is 0 Å². The number of benzene rings is 1. The smallest absolute Gasteiger partial charge is 0.311 e. The van der Waals surface area contributed by atoms with Crippen LogP contribution in [-0.2, 0) is 4.79 Å². The van der Waals surface area contributed by atoms with E-state index in [1.54, 1.807) is 6.07 Å². The van der Waals surface area contributed by atoms with E-state index in [2.05, 4.69) is 0 Å². The van der Waals surface area contributed by atoms with Gasteiger partial charge in [-0.25, -0.2) is 0 Å². The Kier molecular flexibility index (Phi) is 4.53. The molecule has 0 aliphatic rings. The molecule has 0 bridgehead atoms. The van der Waals surface area contributed by atoms with Crippen molar-refractivity contribution in [2.24, 2.45) is 0 Å². The van der Waals surface area contributed by atoms with Crippen molar-refractivity contribution in [2.75, 3.05) is 21.3 Å². The number of aliphatic carboxylic acids is 1. The molecule has 0 spiro atoms. The lowest BCUT2D eigenvalue weighted by atomic mass is 10.0. The van der Waals surface area contributed by atoms with Crippen molar-refractivity contribution in [3.05, 3.63) is 17.7 Å². The van der Waals surface area contributed by atoms with E-state index in [0.717, 1.165) is 0 Å². The van der Waals surface area contributed by atoms with Gasteiger partial charge in [-0.15, -0.1) is 0 Å². The van der Waals surface area contributed by atoms with Crippen molar-refractivity contribution in [1.29, 1.82) is 0 Å². The second-order valence-electron chi connectivity index (χ2n) is 3.37. The molecule has 98 valence electrons. The highest BCUT2D eigenvalue weighted by Crippen LogP contribution is 2.37. The molecule has 0 atom stereocenters. The van der Waals surface area contributed by atoms with Crippen molar-refractivity contribution < 1.29 is 28.9 Å². The molecular formula is C12H14O6. The number of rotatable bonds is 6. The Balaban J connectivity index is 3.36. The SMILES string of the molecule is COc1ccc(OC)c(C(=O)CC(=O)O)c1OC. The molecule has 0 aromatic heterocycles. The van der Waals surface area contributed by atoms with Crippen LogP contribution in [0.2, 0.25) is 0 Å². The topological polar surface area (TPSA) is 82.1 Å². The van der Waals surface area contributed by atoms with Crippen LogP contribution in [0.4, 0.5) is 0 Å². The maximum absolute atomic E-state index is 11.9. The second-order valence-corrected chi connectivity index (χ2v) is 3.37. The van der Waals surface area contributed by atoms with Gasteiger partial charge in [0.2, 0.25) is 0 Å². The number of hydrogen-bond donors (Lipinski definition) is 1. The quantitative estimate of drug-likeness (QED) is 0.610. The summed E-state index contributed by atoms with van der Waals surface area (Å²) in [6, 6.07) is 3.10. The van der Waals surface area contributed by atoms with E-state index in [1.165, 1.54) is 27.4 Å². The number of carboxylic acid groups (broad SMARTS) is 1. The lowest BCUT2D eigenvalue weighted by Gasteiger charge is -2.14. The predicted molar refractivity (Wildman–Crippen MR) is 62.7 cm³/mol. The highest BCUT2D eigenvalue weighted by molar-refractivity contribution is 6.09. The summed E-state index contributed by atoms with van der Waals surface area (Å²) in [5.41, 5.74) is 0.0711. The molecule has 0 heterocycles. The molecule has 0 amide bonds. The summed E-state index contributed by atoms with van der Waals surface area (Å²) in [6.07, 6.45) is -0.639. The summed E-state index contributed by atoms with van der Waals surface area (Å²) in [5, 5.41) is 8.67. The molecule has 0 aliphatic carbocycles. The summed E-state index contributed by atoms with van der Waals surface area (Å²) in [7, 11) is 4.18. The zero-order valence-electron chi connectivity index (χ0n) is 10.4. The molecular weight excluding hydrogens is 240 g/mol. The third kappa shape index (κ3) is 2.71. The minimum absolute atomic E-state index is 0.0711. The van der Waals surface area contributed by atoms with Crippen LogP contribution in [0, 0.1) is 0 Å². The third-order valence-corrected chi connectivity index (χ3v) is 2.32. The molecule has 1 aromatic rings. The highest BCUT2D eigenvalue weighted by atomic mass is 16.5. The monoisotopic (exact) mass is 254 g/mol. The van der Waals surface area contributed by atoms with Crippen molar-refractivity contribution in [1.82, 2.24) is 0 Å². The minimum atomic E-state index is -1.22. The molecule has 0 saturated carbocycles. The first-order chi connectivity index (χ1) is 8.54. The van der Waals surface area contributed by atoms with Crippen LogP contribution in [0.3, 0.4) is 0 Å². The fourth-order valence-corrected chi connectivity index (χ4v) is 1.57. The largest absolute Gasteiger partial charge is 0.496 e. The van der Waals surface area contributed by atoms with Gasteiger partial charge >= 0.3 is 5.97 Å². The van der Waals surface area contributed by atoms with E-state index in [0.29, 0.717) is 5.75 Å². The Bertz CT molecular complexity index is 466. The van der Waals surface area contributed by atoms with Gasteiger partial charge in [0.1, 0.15) is 17.7 Å². The van der Waals surface area contributed by atoms with Crippen molar-refractivity contribution in [3.8, 4) is 17.2 Å². The summed E-state index contributed by atoms with van der Waals surface area (Å²) < 4.78 is 15.2. The number of methoxy groups -OCH3 is 3. The van der Waals surface area contributed by atoms with Crippen LogP contribution in [0.1, 0.15) is 16.8 Å². The van der Waals surface area contributed by atoms with Gasteiger partial charge in [0.25, 0.3) is 0 Å². The van der Waals surface area contributed by atoms with Gasteiger partial charge in [-0.05, 0) is 12.1 Å². The van der Waals surface area contributed by atoms with Crippen LogP contribution in [0.5, 0.6) is 17.2 Å². The number of Topliss-reactive ketones (excluding diaryl/α,β-unsaturated/α-hetero) is 1. The zero-order valence-corrected chi connectivity index (χ0v) is 10.4. The van der Waals surface area contributed by atoms with E-state index in [9.17, 15) is 9.59 Å². The van der Waals surface area contributed by atoms with E-state index in [1.807, 2.05) is 0 Å². The van der Waals surface area contributed by atoms with E-state index in [4.69, 9.17) is 19.3 Å². The molecule has 0 unspecified atom stereocenters. The van der Waals surface area contributed by atoms with Gasteiger partial charge in [-0.3, -0.25) is 9.59 Å². The maximum atomic E-state index is 11.9. The molecule has 18 heavy (non-hydrogen) atoms. The van der Waals surface area contributed by atoms with Gasteiger partial charge in [0.15, 0.2) is 17.3 Å². The van der Waals surface area contributed by atoms with Gasteiger partial charge < -0.3 is 19.3 Å². The van der Waals surface area contributed by atoms with Crippen LogP contribution < -0.4 is 14.2 Å². The average Bonchev–Trinajstić information content (AvgIpc) is 2.35. The van der Waals surface area contributed by atoms with Crippen LogP contribution in [-0.4, -0.2) is 38.2 Å². The van der Waals surface area contributed by atoms with Gasteiger partial charge in [-0.1, -0.05) is 0 Å². The first-order valence-corrected chi connectivity index (χ1v) is 5.09. The lowest BCUT2D eigenvalue weighted by molar-refractivity contribution is -0.135. The second kappa shape index (κ2) is 5.90. The number of carbonyl (C=O) groups excluding carboxylic acids is 1. The zero-order chi connectivity index (χ0) is 13.7. The number of carboxylic acids is 1. The summed E-state index contributed by atoms with van der Waals surface area (Å²) in [4.78, 5) is 22.5. The fourth-order valence-electron chi connectivity index (χ4n) is 1.57. The molecule has 1 aromatic carbocycles. The maximum Gasteiger partial charge on any atom is 0.311 e. The Morgan fingerprint density at radius 3 is 2.06 bits per heavy atom.